The average Bonchev–Trinajstić information content (AvgIpc) is 2.60. The predicted octanol–water partition coefficient (Wildman–Crippen LogP) is 3.50. The Morgan fingerprint density at radius 2 is 2.16 bits per heavy atom. The molecule has 1 aromatic carbocycles. The highest BCUT2D eigenvalue weighted by molar-refractivity contribution is 6.30. The number of nitrogens with one attached hydrogen (secondary N) is 1. The average molecular weight is 281 g/mol. The molecule has 0 saturated heterocycles. The standard InChI is InChI=1S/C16H25ClN2/c1-5-19(4)9-8-18-15-14-10-13(17)7-6-12(14)11-16(15,2)3/h6-7,10,15,18H,5,8-9,11H2,1-4H3. The minimum absolute atomic E-state index is 0.262. The molecule has 1 unspecified atom stereocenters. The quantitative estimate of drug-likeness (QED) is 0.888. The summed E-state index contributed by atoms with van der Waals surface area (Å²) in [6.07, 6.45) is 1.13. The molecule has 1 aliphatic rings. The van der Waals surface area contributed by atoms with Crippen LogP contribution in [0.5, 0.6) is 0 Å². The highest BCUT2D eigenvalue weighted by atomic mass is 35.5. The lowest BCUT2D eigenvalue weighted by Gasteiger charge is -2.29. The van der Waals surface area contributed by atoms with Crippen LogP contribution in [0, 0.1) is 5.41 Å². The van der Waals surface area contributed by atoms with Crippen molar-refractivity contribution in [2.24, 2.45) is 5.41 Å². The molecule has 106 valence electrons. The molecule has 1 N–H and O–H groups in total. The molecule has 1 aliphatic carbocycles. The van der Waals surface area contributed by atoms with Gasteiger partial charge < -0.3 is 10.2 Å². The zero-order valence-corrected chi connectivity index (χ0v) is 13.2. The van der Waals surface area contributed by atoms with Crippen molar-refractivity contribution in [2.45, 2.75) is 33.2 Å². The van der Waals surface area contributed by atoms with Crippen LogP contribution in [0.15, 0.2) is 18.2 Å². The summed E-state index contributed by atoms with van der Waals surface area (Å²) < 4.78 is 0. The number of likely N-dealkylation sites (N-methyl/N-ethyl adjacent to an activating group) is 1. The van der Waals surface area contributed by atoms with E-state index >= 15 is 0 Å². The van der Waals surface area contributed by atoms with E-state index in [-0.39, 0.29) is 5.41 Å². The lowest BCUT2D eigenvalue weighted by Crippen LogP contribution is -2.36. The van der Waals surface area contributed by atoms with Gasteiger partial charge in [0.2, 0.25) is 0 Å². The van der Waals surface area contributed by atoms with Gasteiger partial charge in [0.25, 0.3) is 0 Å². The van der Waals surface area contributed by atoms with Gasteiger partial charge in [0.15, 0.2) is 0 Å². The summed E-state index contributed by atoms with van der Waals surface area (Å²) in [4.78, 5) is 2.33. The van der Waals surface area contributed by atoms with E-state index in [0.29, 0.717) is 6.04 Å². The summed E-state index contributed by atoms with van der Waals surface area (Å²) in [6, 6.07) is 6.72. The molecule has 2 nitrogen and oxygen atoms in total. The van der Waals surface area contributed by atoms with Gasteiger partial charge in [-0.3, -0.25) is 0 Å². The van der Waals surface area contributed by atoms with Gasteiger partial charge in [-0.2, -0.15) is 0 Å². The topological polar surface area (TPSA) is 15.3 Å². The molecule has 2 rings (SSSR count). The first-order valence-electron chi connectivity index (χ1n) is 7.14. The van der Waals surface area contributed by atoms with Crippen molar-refractivity contribution in [1.29, 1.82) is 0 Å². The summed E-state index contributed by atoms with van der Waals surface area (Å²) in [6.45, 7) is 10.1. The molecule has 0 fully saturated rings. The largest absolute Gasteiger partial charge is 0.308 e. The van der Waals surface area contributed by atoms with E-state index in [1.165, 1.54) is 11.1 Å². The van der Waals surface area contributed by atoms with Gasteiger partial charge in [0.1, 0.15) is 0 Å². The highest BCUT2D eigenvalue weighted by Crippen LogP contribution is 2.45. The van der Waals surface area contributed by atoms with E-state index in [1.54, 1.807) is 0 Å². The lowest BCUT2D eigenvalue weighted by atomic mass is 9.85. The highest BCUT2D eigenvalue weighted by Gasteiger charge is 2.38. The van der Waals surface area contributed by atoms with Crippen molar-refractivity contribution in [3.63, 3.8) is 0 Å². The van der Waals surface area contributed by atoms with Crippen molar-refractivity contribution in [1.82, 2.24) is 10.2 Å². The van der Waals surface area contributed by atoms with Crippen molar-refractivity contribution < 1.29 is 0 Å². The van der Waals surface area contributed by atoms with Gasteiger partial charge in [0, 0.05) is 24.2 Å². The van der Waals surface area contributed by atoms with Crippen LogP contribution in [0.3, 0.4) is 0 Å². The Labute approximate surface area is 122 Å². The van der Waals surface area contributed by atoms with Crippen LogP contribution in [0.2, 0.25) is 5.02 Å². The molecule has 19 heavy (non-hydrogen) atoms. The number of rotatable bonds is 5. The first kappa shape index (κ1) is 14.8. The van der Waals surface area contributed by atoms with Crippen LogP contribution in [-0.4, -0.2) is 31.6 Å². The second kappa shape index (κ2) is 5.82. The normalized spacial score (nSPS) is 20.8. The SMILES string of the molecule is CCN(C)CCNC1c2cc(Cl)ccc2CC1(C)C. The Hall–Kier alpha value is -0.570. The summed E-state index contributed by atoms with van der Waals surface area (Å²) in [7, 11) is 2.16. The third kappa shape index (κ3) is 3.31. The van der Waals surface area contributed by atoms with Crippen molar-refractivity contribution in [2.75, 3.05) is 26.7 Å². The molecule has 1 atom stereocenters. The molecule has 0 heterocycles. The number of fused-ring (bicyclic) bond motifs is 1. The third-order valence-corrected chi connectivity index (χ3v) is 4.46. The minimum atomic E-state index is 0.262. The Bertz CT molecular complexity index is 442. The minimum Gasteiger partial charge on any atom is -0.308 e. The Morgan fingerprint density at radius 1 is 1.42 bits per heavy atom. The first-order valence-corrected chi connectivity index (χ1v) is 7.52. The maximum atomic E-state index is 6.15. The van der Waals surface area contributed by atoms with E-state index in [0.717, 1.165) is 31.1 Å². The second-order valence-electron chi connectivity index (χ2n) is 6.29. The molecule has 0 spiro atoms. The maximum absolute atomic E-state index is 6.15. The molecule has 0 aliphatic heterocycles. The molecule has 0 aromatic heterocycles. The van der Waals surface area contributed by atoms with Gasteiger partial charge in [0.05, 0.1) is 0 Å². The van der Waals surface area contributed by atoms with Crippen molar-refractivity contribution >= 4 is 11.6 Å². The van der Waals surface area contributed by atoms with E-state index in [2.05, 4.69) is 50.2 Å². The third-order valence-electron chi connectivity index (χ3n) is 4.23. The molecule has 1 aromatic rings. The number of hydrogen-bond donors (Lipinski definition) is 1. The fourth-order valence-corrected chi connectivity index (χ4v) is 3.13. The first-order chi connectivity index (χ1) is 8.94. The van der Waals surface area contributed by atoms with Gasteiger partial charge in [-0.05, 0) is 48.7 Å². The maximum Gasteiger partial charge on any atom is 0.0409 e. The lowest BCUT2D eigenvalue weighted by molar-refractivity contribution is 0.254. The zero-order valence-electron chi connectivity index (χ0n) is 12.5. The molecular formula is C16H25ClN2. The van der Waals surface area contributed by atoms with Crippen LogP contribution in [0.4, 0.5) is 0 Å². The predicted molar refractivity (Wildman–Crippen MR) is 82.9 cm³/mol. The van der Waals surface area contributed by atoms with Crippen LogP contribution in [-0.2, 0) is 6.42 Å². The Balaban J connectivity index is 2.08. The molecule has 0 bridgehead atoms. The number of hydrogen-bond acceptors (Lipinski definition) is 2. The van der Waals surface area contributed by atoms with Gasteiger partial charge in [-0.15, -0.1) is 0 Å². The molecule has 0 saturated carbocycles. The zero-order chi connectivity index (χ0) is 14.0. The van der Waals surface area contributed by atoms with Crippen molar-refractivity contribution in [3.05, 3.63) is 34.3 Å². The number of benzene rings is 1. The molecule has 3 heteroatoms. The van der Waals surface area contributed by atoms with E-state index in [1.807, 2.05) is 6.07 Å². The van der Waals surface area contributed by atoms with Crippen LogP contribution in [0.25, 0.3) is 0 Å². The Kier molecular flexibility index (Phi) is 4.54. The van der Waals surface area contributed by atoms with E-state index in [4.69, 9.17) is 11.6 Å². The van der Waals surface area contributed by atoms with Gasteiger partial charge in [-0.25, -0.2) is 0 Å². The monoisotopic (exact) mass is 280 g/mol. The second-order valence-corrected chi connectivity index (χ2v) is 6.73. The summed E-state index contributed by atoms with van der Waals surface area (Å²) in [5.41, 5.74) is 3.09. The van der Waals surface area contributed by atoms with E-state index < -0.39 is 0 Å². The number of nitrogens with zero attached hydrogens (tertiary/aromatic N) is 1. The van der Waals surface area contributed by atoms with Crippen LogP contribution >= 0.6 is 11.6 Å². The fraction of sp³-hybridized carbons (Fsp3) is 0.625. The smallest absolute Gasteiger partial charge is 0.0409 e. The van der Waals surface area contributed by atoms with E-state index in [9.17, 15) is 0 Å². The molecular weight excluding hydrogens is 256 g/mol. The fourth-order valence-electron chi connectivity index (χ4n) is 2.95. The summed E-state index contributed by atoms with van der Waals surface area (Å²) in [5.74, 6) is 0. The number of halogens is 1. The Morgan fingerprint density at radius 3 is 2.84 bits per heavy atom. The van der Waals surface area contributed by atoms with Crippen LogP contribution in [0.1, 0.15) is 37.9 Å². The molecule has 0 radical (unpaired) electrons. The van der Waals surface area contributed by atoms with Crippen molar-refractivity contribution in [3.8, 4) is 0 Å². The van der Waals surface area contributed by atoms with Gasteiger partial charge in [-0.1, -0.05) is 38.4 Å². The van der Waals surface area contributed by atoms with Gasteiger partial charge >= 0.3 is 0 Å². The van der Waals surface area contributed by atoms with Crippen LogP contribution < -0.4 is 5.32 Å². The summed E-state index contributed by atoms with van der Waals surface area (Å²) >= 11 is 6.15. The molecule has 0 amide bonds. The summed E-state index contributed by atoms with van der Waals surface area (Å²) in [5, 5.41) is 4.56.